The summed E-state index contributed by atoms with van der Waals surface area (Å²) in [6.45, 7) is 4.16. The van der Waals surface area contributed by atoms with Crippen LogP contribution in [0.2, 0.25) is 0 Å². The van der Waals surface area contributed by atoms with Gasteiger partial charge in [0.05, 0.1) is 23.0 Å². The molecule has 0 bridgehead atoms. The number of carbonyl (C=O) groups excluding carboxylic acids is 1. The molecule has 1 aliphatic rings. The maximum atomic E-state index is 13.1. The van der Waals surface area contributed by atoms with Gasteiger partial charge in [-0.2, -0.15) is 18.3 Å². The first-order valence-electron chi connectivity index (χ1n) is 11.7. The maximum absolute atomic E-state index is 13.1. The second-order valence-corrected chi connectivity index (χ2v) is 8.90. The van der Waals surface area contributed by atoms with Crippen LogP contribution in [0.5, 0.6) is 0 Å². The van der Waals surface area contributed by atoms with Gasteiger partial charge in [0.15, 0.2) is 5.82 Å². The van der Waals surface area contributed by atoms with Crippen LogP contribution in [0.15, 0.2) is 30.5 Å². The third-order valence-electron chi connectivity index (χ3n) is 6.46. The Labute approximate surface area is 204 Å². The maximum Gasteiger partial charge on any atom is 0.392 e. The molecule has 4 heterocycles. The van der Waals surface area contributed by atoms with Crippen molar-refractivity contribution in [2.24, 2.45) is 5.92 Å². The largest absolute Gasteiger partial charge is 0.396 e. The number of halogens is 3. The van der Waals surface area contributed by atoms with Gasteiger partial charge in [-0.1, -0.05) is 31.2 Å². The van der Waals surface area contributed by atoms with Crippen LogP contribution < -0.4 is 11.1 Å². The lowest BCUT2D eigenvalue weighted by molar-refractivity contribution is -0.179. The number of nitrogens with zero attached hydrogens (tertiary/aromatic N) is 6. The number of alkyl halides is 3. The van der Waals surface area contributed by atoms with Crippen molar-refractivity contribution in [3.8, 4) is 11.4 Å². The van der Waals surface area contributed by atoms with Crippen molar-refractivity contribution in [3.05, 3.63) is 58.9 Å². The summed E-state index contributed by atoms with van der Waals surface area (Å²) in [6, 6.07) is 7.24. The summed E-state index contributed by atoms with van der Waals surface area (Å²) >= 11 is 0. The van der Waals surface area contributed by atoms with Gasteiger partial charge in [-0.05, 0) is 25.3 Å². The van der Waals surface area contributed by atoms with E-state index in [2.05, 4.69) is 25.4 Å². The molecule has 3 N–H and O–H groups in total. The molecule has 0 unspecified atom stereocenters. The molecule has 188 valence electrons. The lowest BCUT2D eigenvalue weighted by atomic mass is 9.98. The van der Waals surface area contributed by atoms with E-state index in [-0.39, 0.29) is 31.8 Å². The fourth-order valence-corrected chi connectivity index (χ4v) is 4.35. The average Bonchev–Trinajstić information content (AvgIpc) is 3.43. The van der Waals surface area contributed by atoms with Gasteiger partial charge in [-0.15, -0.1) is 0 Å². The molecule has 1 aliphatic heterocycles. The zero-order valence-electron chi connectivity index (χ0n) is 19.8. The first kappa shape index (κ1) is 23.8. The fourth-order valence-electron chi connectivity index (χ4n) is 4.35. The van der Waals surface area contributed by atoms with Crippen LogP contribution in [-0.4, -0.2) is 41.2 Å². The van der Waals surface area contributed by atoms with Gasteiger partial charge in [-0.25, -0.2) is 19.6 Å². The number of amides is 1. The van der Waals surface area contributed by atoms with Crippen molar-refractivity contribution < 1.29 is 18.0 Å². The van der Waals surface area contributed by atoms with E-state index in [0.29, 0.717) is 52.2 Å². The van der Waals surface area contributed by atoms with Crippen LogP contribution in [0.1, 0.15) is 46.6 Å². The van der Waals surface area contributed by atoms with E-state index in [9.17, 15) is 18.0 Å². The first-order chi connectivity index (χ1) is 17.1. The van der Waals surface area contributed by atoms with Crippen molar-refractivity contribution in [2.45, 2.75) is 52.4 Å². The summed E-state index contributed by atoms with van der Waals surface area (Å²) in [5, 5.41) is 7.29. The van der Waals surface area contributed by atoms with Crippen LogP contribution in [0.4, 0.5) is 18.9 Å². The number of nitrogens with two attached hydrogens (primary N) is 1. The highest BCUT2D eigenvalue weighted by molar-refractivity contribution is 5.94. The third-order valence-corrected chi connectivity index (χ3v) is 6.46. The number of aromatic nitrogens is 6. The first-order valence-corrected chi connectivity index (χ1v) is 11.7. The summed E-state index contributed by atoms with van der Waals surface area (Å²) < 4.78 is 42.4. The lowest BCUT2D eigenvalue weighted by Gasteiger charge is -2.24. The minimum atomic E-state index is -4.23. The molecule has 3 aromatic heterocycles. The summed E-state index contributed by atoms with van der Waals surface area (Å²) in [7, 11) is 0. The van der Waals surface area contributed by atoms with E-state index in [1.165, 1.54) is 0 Å². The van der Waals surface area contributed by atoms with Crippen LogP contribution >= 0.6 is 0 Å². The Bertz CT molecular complexity index is 1440. The Morgan fingerprint density at radius 1 is 1.19 bits per heavy atom. The Hall–Kier alpha value is -3.96. The van der Waals surface area contributed by atoms with Gasteiger partial charge in [-0.3, -0.25) is 9.20 Å². The molecular weight excluding hydrogens is 473 g/mol. The second kappa shape index (κ2) is 8.92. The molecule has 0 saturated carbocycles. The Morgan fingerprint density at radius 3 is 2.64 bits per heavy atom. The van der Waals surface area contributed by atoms with Gasteiger partial charge in [0.2, 0.25) is 5.78 Å². The molecule has 9 nitrogen and oxygen atoms in total. The van der Waals surface area contributed by atoms with Gasteiger partial charge in [0.1, 0.15) is 11.5 Å². The molecule has 12 heteroatoms. The van der Waals surface area contributed by atoms with E-state index in [1.807, 2.05) is 19.1 Å². The molecule has 1 atom stereocenters. The van der Waals surface area contributed by atoms with E-state index >= 15 is 0 Å². The highest BCUT2D eigenvalue weighted by Crippen LogP contribution is 2.34. The number of anilines is 1. The summed E-state index contributed by atoms with van der Waals surface area (Å²) in [5.74, 6) is -0.520. The number of hydrogen-bond acceptors (Lipinski definition) is 6. The molecule has 1 amide bonds. The molecule has 0 saturated heterocycles. The summed E-state index contributed by atoms with van der Waals surface area (Å²) in [6.07, 6.45) is -2.17. The highest BCUT2D eigenvalue weighted by atomic mass is 19.4. The van der Waals surface area contributed by atoms with Crippen LogP contribution in [0, 0.1) is 12.8 Å². The third kappa shape index (κ3) is 4.38. The molecule has 5 rings (SSSR count). The number of hydrogen-bond donors (Lipinski definition) is 2. The quantitative estimate of drug-likeness (QED) is 0.435. The number of rotatable bonds is 5. The van der Waals surface area contributed by atoms with Crippen LogP contribution in [0.3, 0.4) is 0 Å². The predicted molar refractivity (Wildman–Crippen MR) is 126 cm³/mol. The Kier molecular flexibility index (Phi) is 5.89. The van der Waals surface area contributed by atoms with Gasteiger partial charge in [0.25, 0.3) is 5.91 Å². The summed E-state index contributed by atoms with van der Waals surface area (Å²) in [5.41, 5.74) is 9.67. The zero-order chi connectivity index (χ0) is 25.6. The molecule has 0 aliphatic carbocycles. The number of imidazole rings is 1. The smallest absolute Gasteiger partial charge is 0.392 e. The SMILES string of the molecule is CCc1nc2nc(C)c(N)cn2c1C(=O)NCc1ccc(-c2nc3n(n2)CC[C@H](C(F)(F)F)C3)cc1. The van der Waals surface area contributed by atoms with Gasteiger partial charge in [0, 0.05) is 31.3 Å². The number of nitrogen functional groups attached to an aromatic ring is 1. The van der Waals surface area contributed by atoms with Crippen molar-refractivity contribution in [2.75, 3.05) is 5.73 Å². The molecule has 1 aromatic carbocycles. The molecule has 4 aromatic rings. The van der Waals surface area contributed by atoms with Gasteiger partial charge < -0.3 is 11.1 Å². The molecular formula is C24H25F3N8O. The number of fused-ring (bicyclic) bond motifs is 2. The number of aryl methyl sites for hydroxylation is 3. The minimum absolute atomic E-state index is 0.00637. The lowest BCUT2D eigenvalue weighted by Crippen LogP contribution is -2.31. The molecule has 0 spiro atoms. The second-order valence-electron chi connectivity index (χ2n) is 8.90. The Balaban J connectivity index is 1.29. The molecule has 36 heavy (non-hydrogen) atoms. The standard InChI is InChI=1S/C24H25F3N8O/c1-3-18-20(34-12-17(28)13(2)30-23(34)31-18)22(36)29-11-14-4-6-15(7-5-14)21-32-19-10-16(24(25,26)27)8-9-35(19)33-21/h4-7,12,16H,3,8-11,28H2,1-2H3,(H,29,36)/t16-/m0/s1. The average molecular weight is 499 g/mol. The van der Waals surface area contributed by atoms with E-state index in [4.69, 9.17) is 5.73 Å². The minimum Gasteiger partial charge on any atom is -0.396 e. The van der Waals surface area contributed by atoms with Crippen molar-refractivity contribution in [1.82, 2.24) is 34.4 Å². The normalized spacial score (nSPS) is 15.8. The summed E-state index contributed by atoms with van der Waals surface area (Å²) in [4.78, 5) is 26.2. The van der Waals surface area contributed by atoms with Crippen LogP contribution in [-0.2, 0) is 25.9 Å². The van der Waals surface area contributed by atoms with E-state index in [0.717, 1.165) is 5.56 Å². The zero-order valence-corrected chi connectivity index (χ0v) is 19.8. The Morgan fingerprint density at radius 2 is 1.94 bits per heavy atom. The van der Waals surface area contributed by atoms with Crippen molar-refractivity contribution in [1.29, 1.82) is 0 Å². The number of carbonyl (C=O) groups is 1. The van der Waals surface area contributed by atoms with Crippen molar-refractivity contribution in [3.63, 3.8) is 0 Å². The highest BCUT2D eigenvalue weighted by Gasteiger charge is 2.42. The topological polar surface area (TPSA) is 116 Å². The predicted octanol–water partition coefficient (Wildman–Crippen LogP) is 3.50. The van der Waals surface area contributed by atoms with Crippen LogP contribution in [0.25, 0.3) is 17.2 Å². The van der Waals surface area contributed by atoms with E-state index < -0.39 is 12.1 Å². The molecule has 0 radical (unpaired) electrons. The monoisotopic (exact) mass is 498 g/mol. The molecule has 0 fully saturated rings. The van der Waals surface area contributed by atoms with E-state index in [1.54, 1.807) is 34.3 Å². The number of benzene rings is 1. The van der Waals surface area contributed by atoms with Gasteiger partial charge >= 0.3 is 6.18 Å². The van der Waals surface area contributed by atoms with Crippen molar-refractivity contribution >= 4 is 17.4 Å². The number of nitrogens with one attached hydrogen (secondary N) is 1. The fraction of sp³-hybridized carbons (Fsp3) is 0.375.